The Hall–Kier alpha value is -4.14. The molecule has 0 radical (unpaired) electrons. The number of primary amides is 1. The Labute approximate surface area is 215 Å². The lowest BCUT2D eigenvalue weighted by atomic mass is 9.63. The first-order valence-electron chi connectivity index (χ1n) is 12.9. The van der Waals surface area contributed by atoms with Crippen LogP contribution in [0.2, 0.25) is 0 Å². The molecular weight excluding hydrogens is 466 g/mol. The van der Waals surface area contributed by atoms with Gasteiger partial charge in [0.1, 0.15) is 5.82 Å². The van der Waals surface area contributed by atoms with Gasteiger partial charge in [0.25, 0.3) is 0 Å². The Balaban J connectivity index is 1.39. The van der Waals surface area contributed by atoms with Crippen molar-refractivity contribution < 1.29 is 9.59 Å². The van der Waals surface area contributed by atoms with Crippen molar-refractivity contribution in [3.8, 4) is 11.3 Å². The Morgan fingerprint density at radius 2 is 1.86 bits per heavy atom. The molecule has 1 fully saturated rings. The van der Waals surface area contributed by atoms with E-state index >= 15 is 0 Å². The number of nitrogens with zero attached hydrogens (tertiary/aromatic N) is 2. The molecule has 0 spiro atoms. The molecule has 9 nitrogen and oxygen atoms in total. The largest absolute Gasteiger partial charge is 0.382 e. The number of carbonyl (C=O) groups excluding carboxylic acids is 2. The van der Waals surface area contributed by atoms with Crippen LogP contribution in [0.15, 0.2) is 54.7 Å². The molecule has 0 aliphatic heterocycles. The van der Waals surface area contributed by atoms with Crippen LogP contribution in [0.5, 0.6) is 0 Å². The third kappa shape index (κ3) is 5.07. The number of carbonyl (C=O) groups is 2. The number of rotatable bonds is 9. The van der Waals surface area contributed by atoms with Crippen LogP contribution in [-0.2, 0) is 16.1 Å². The van der Waals surface area contributed by atoms with E-state index in [1.54, 1.807) is 6.20 Å². The van der Waals surface area contributed by atoms with Gasteiger partial charge in [0.2, 0.25) is 11.8 Å². The normalized spacial score (nSPS) is 15.9. The van der Waals surface area contributed by atoms with Gasteiger partial charge in [0.05, 0.1) is 22.8 Å². The van der Waals surface area contributed by atoms with Gasteiger partial charge in [-0.25, -0.2) is 4.98 Å². The Morgan fingerprint density at radius 1 is 1.08 bits per heavy atom. The third-order valence-electron chi connectivity index (χ3n) is 7.72. The molecule has 0 unspecified atom stereocenters. The lowest BCUT2D eigenvalue weighted by Crippen LogP contribution is -2.44. The average molecular weight is 500 g/mol. The van der Waals surface area contributed by atoms with Gasteiger partial charge in [0, 0.05) is 29.8 Å². The van der Waals surface area contributed by atoms with Gasteiger partial charge >= 0.3 is 0 Å². The van der Waals surface area contributed by atoms with Gasteiger partial charge in [-0.05, 0) is 37.0 Å². The van der Waals surface area contributed by atoms with Crippen LogP contribution in [0.4, 0.5) is 5.82 Å². The molecule has 0 saturated heterocycles. The van der Waals surface area contributed by atoms with Crippen molar-refractivity contribution in [2.45, 2.75) is 57.4 Å². The molecular formula is C28H33N7O2. The molecule has 2 aromatic heterocycles. The van der Waals surface area contributed by atoms with Crippen molar-refractivity contribution in [3.63, 3.8) is 0 Å². The smallest absolute Gasteiger partial charge is 0.224 e. The predicted octanol–water partition coefficient (Wildman–Crippen LogP) is 4.15. The average Bonchev–Trinajstić information content (AvgIpc) is 3.55. The maximum Gasteiger partial charge on any atom is 0.224 e. The number of H-pyrrole nitrogens is 2. The molecule has 2 aromatic carbocycles. The zero-order valence-corrected chi connectivity index (χ0v) is 20.8. The molecule has 192 valence electrons. The SMILES string of the molecule is NC(=O)C1([C@H](CCC(=O)NCc2ccccc2)c2ncc(-c3ccc4c(N)n[nH]c4c3)[nH]2)CCCCC1. The van der Waals surface area contributed by atoms with E-state index in [4.69, 9.17) is 16.5 Å². The first-order valence-corrected chi connectivity index (χ1v) is 12.9. The number of aromatic amines is 2. The molecule has 5 rings (SSSR count). The number of nitrogens with two attached hydrogens (primary N) is 2. The minimum Gasteiger partial charge on any atom is -0.382 e. The zero-order valence-electron chi connectivity index (χ0n) is 20.8. The lowest BCUT2D eigenvalue weighted by Gasteiger charge is -2.40. The van der Waals surface area contributed by atoms with E-state index < -0.39 is 5.41 Å². The number of aromatic nitrogens is 4. The molecule has 2 heterocycles. The van der Waals surface area contributed by atoms with Crippen molar-refractivity contribution >= 4 is 28.5 Å². The fraction of sp³-hybridized carbons (Fsp3) is 0.357. The van der Waals surface area contributed by atoms with Crippen molar-refractivity contribution in [2.24, 2.45) is 11.1 Å². The number of imidazole rings is 1. The lowest BCUT2D eigenvalue weighted by molar-refractivity contribution is -0.132. The Bertz CT molecular complexity index is 1390. The van der Waals surface area contributed by atoms with Crippen molar-refractivity contribution in [1.82, 2.24) is 25.5 Å². The summed E-state index contributed by atoms with van der Waals surface area (Å²) in [5.41, 5.74) is 14.9. The molecule has 1 aliphatic rings. The Morgan fingerprint density at radius 3 is 2.62 bits per heavy atom. The van der Waals surface area contributed by atoms with E-state index in [9.17, 15) is 9.59 Å². The summed E-state index contributed by atoms with van der Waals surface area (Å²) in [6.07, 6.45) is 6.89. The third-order valence-corrected chi connectivity index (χ3v) is 7.72. The van der Waals surface area contributed by atoms with E-state index in [1.165, 1.54) is 0 Å². The summed E-state index contributed by atoms with van der Waals surface area (Å²) < 4.78 is 0. The van der Waals surface area contributed by atoms with E-state index in [1.807, 2.05) is 48.5 Å². The van der Waals surface area contributed by atoms with Crippen LogP contribution >= 0.6 is 0 Å². The van der Waals surface area contributed by atoms with Crippen LogP contribution in [0.25, 0.3) is 22.2 Å². The van der Waals surface area contributed by atoms with Crippen molar-refractivity contribution in [3.05, 3.63) is 66.1 Å². The van der Waals surface area contributed by atoms with Gasteiger partial charge < -0.3 is 21.8 Å². The highest BCUT2D eigenvalue weighted by Crippen LogP contribution is 2.49. The van der Waals surface area contributed by atoms with E-state index in [2.05, 4.69) is 20.5 Å². The first-order chi connectivity index (χ1) is 18.0. The summed E-state index contributed by atoms with van der Waals surface area (Å²) in [6.45, 7) is 0.469. The topological polar surface area (TPSA) is 156 Å². The van der Waals surface area contributed by atoms with E-state index in [0.29, 0.717) is 37.4 Å². The number of hydrogen-bond acceptors (Lipinski definition) is 5. The van der Waals surface area contributed by atoms with Gasteiger partial charge in [0.15, 0.2) is 5.82 Å². The van der Waals surface area contributed by atoms with Gasteiger partial charge in [-0.1, -0.05) is 55.7 Å². The van der Waals surface area contributed by atoms with Crippen LogP contribution in [0.3, 0.4) is 0 Å². The van der Waals surface area contributed by atoms with Gasteiger partial charge in [-0.2, -0.15) is 5.10 Å². The molecule has 9 heteroatoms. The highest BCUT2D eigenvalue weighted by atomic mass is 16.2. The molecule has 4 aromatic rings. The molecule has 7 N–H and O–H groups in total. The quantitative estimate of drug-likeness (QED) is 0.234. The summed E-state index contributed by atoms with van der Waals surface area (Å²) in [4.78, 5) is 33.9. The van der Waals surface area contributed by atoms with Crippen LogP contribution < -0.4 is 16.8 Å². The number of nitrogen functional groups attached to an aromatic ring is 1. The summed E-state index contributed by atoms with van der Waals surface area (Å²) in [6, 6.07) is 15.6. The fourth-order valence-corrected chi connectivity index (χ4v) is 5.65. The number of anilines is 1. The molecule has 0 bridgehead atoms. The molecule has 1 saturated carbocycles. The summed E-state index contributed by atoms with van der Waals surface area (Å²) in [5, 5.41) is 10.9. The molecule has 1 aliphatic carbocycles. The maximum absolute atomic E-state index is 12.9. The second-order valence-corrected chi connectivity index (χ2v) is 9.99. The standard InChI is InChI=1S/C28H33N7O2/c29-25-20-10-9-19(15-22(20)34-35-25)23-17-32-26(33-23)21(28(27(30)37)13-5-2-6-14-28)11-12-24(36)31-16-18-7-3-1-4-8-18/h1,3-4,7-10,15,17,21H,2,5-6,11-14,16H2,(H2,30,37)(H,31,36)(H,32,33)(H3,29,34,35)/t21-/m1/s1. The number of benzene rings is 2. The van der Waals surface area contributed by atoms with E-state index in [-0.39, 0.29) is 24.2 Å². The fourth-order valence-electron chi connectivity index (χ4n) is 5.65. The second kappa shape index (κ2) is 10.5. The van der Waals surface area contributed by atoms with Gasteiger partial charge in [-0.15, -0.1) is 0 Å². The Kier molecular flexibility index (Phi) is 6.94. The number of hydrogen-bond donors (Lipinski definition) is 5. The predicted molar refractivity (Wildman–Crippen MR) is 143 cm³/mol. The van der Waals surface area contributed by atoms with Crippen LogP contribution in [-0.4, -0.2) is 32.0 Å². The summed E-state index contributed by atoms with van der Waals surface area (Å²) >= 11 is 0. The monoisotopic (exact) mass is 499 g/mol. The second-order valence-electron chi connectivity index (χ2n) is 9.99. The zero-order chi connectivity index (χ0) is 25.8. The van der Waals surface area contributed by atoms with Crippen LogP contribution in [0, 0.1) is 5.41 Å². The summed E-state index contributed by atoms with van der Waals surface area (Å²) in [7, 11) is 0. The van der Waals surface area contributed by atoms with Crippen molar-refractivity contribution in [1.29, 1.82) is 0 Å². The molecule has 37 heavy (non-hydrogen) atoms. The highest BCUT2D eigenvalue weighted by molar-refractivity contribution is 5.91. The van der Waals surface area contributed by atoms with Crippen molar-refractivity contribution in [2.75, 3.05) is 5.73 Å². The first kappa shape index (κ1) is 24.5. The van der Waals surface area contributed by atoms with Crippen LogP contribution in [0.1, 0.15) is 62.3 Å². The highest BCUT2D eigenvalue weighted by Gasteiger charge is 2.46. The summed E-state index contributed by atoms with van der Waals surface area (Å²) in [5.74, 6) is 0.495. The minimum atomic E-state index is -0.727. The van der Waals surface area contributed by atoms with Gasteiger partial charge in [-0.3, -0.25) is 14.7 Å². The number of fused-ring (bicyclic) bond motifs is 1. The van der Waals surface area contributed by atoms with E-state index in [0.717, 1.165) is 47.0 Å². The molecule has 1 atom stereocenters. The maximum atomic E-state index is 12.9. The molecule has 2 amide bonds. The number of amides is 2. The minimum absolute atomic E-state index is 0.0571. The number of nitrogens with one attached hydrogen (secondary N) is 3.